The fraction of sp³-hybridized carbons (Fsp3) is 0.182. The number of ether oxygens (including phenoxy) is 1. The Labute approximate surface area is 124 Å². The number of nitrogens with one attached hydrogen (secondary N) is 1. The molecule has 112 valence electrons. The van der Waals surface area contributed by atoms with Crippen molar-refractivity contribution in [3.05, 3.63) is 29.3 Å². The maximum Gasteiger partial charge on any atom is 0.341 e. The summed E-state index contributed by atoms with van der Waals surface area (Å²) in [5.74, 6) is -0.844. The molecule has 0 aliphatic rings. The van der Waals surface area contributed by atoms with Crippen LogP contribution in [-0.2, 0) is 14.8 Å². The number of benzene rings is 1. The summed E-state index contributed by atoms with van der Waals surface area (Å²) in [5, 5.41) is 16.7. The molecule has 10 heteroatoms. The highest BCUT2D eigenvalue weighted by Crippen LogP contribution is 2.21. The van der Waals surface area contributed by atoms with Crippen LogP contribution in [0.1, 0.15) is 5.01 Å². The maximum atomic E-state index is 12.1. The van der Waals surface area contributed by atoms with Gasteiger partial charge in [-0.05, 0) is 31.2 Å². The minimum absolute atomic E-state index is 0.0121. The van der Waals surface area contributed by atoms with Crippen LogP contribution in [0.25, 0.3) is 0 Å². The van der Waals surface area contributed by atoms with E-state index in [1.54, 1.807) is 6.92 Å². The largest absolute Gasteiger partial charge is 0.482 e. The van der Waals surface area contributed by atoms with Crippen molar-refractivity contribution < 1.29 is 23.1 Å². The Bertz CT molecular complexity index is 739. The first kappa shape index (κ1) is 15.2. The summed E-state index contributed by atoms with van der Waals surface area (Å²) in [4.78, 5) is 10.4. The lowest BCUT2D eigenvalue weighted by Crippen LogP contribution is -2.13. The van der Waals surface area contributed by atoms with E-state index in [1.807, 2.05) is 0 Å². The molecule has 0 radical (unpaired) electrons. The first-order chi connectivity index (χ1) is 9.87. The van der Waals surface area contributed by atoms with Gasteiger partial charge in [0.05, 0.1) is 4.90 Å². The van der Waals surface area contributed by atoms with E-state index in [0.717, 1.165) is 11.3 Å². The van der Waals surface area contributed by atoms with Crippen LogP contribution in [0.5, 0.6) is 5.75 Å². The summed E-state index contributed by atoms with van der Waals surface area (Å²) < 4.78 is 31.4. The fourth-order valence-corrected chi connectivity index (χ4v) is 3.19. The van der Waals surface area contributed by atoms with Gasteiger partial charge in [-0.15, -0.1) is 10.2 Å². The van der Waals surface area contributed by atoms with Crippen molar-refractivity contribution in [1.29, 1.82) is 0 Å². The summed E-state index contributed by atoms with van der Waals surface area (Å²) in [6, 6.07) is 5.38. The predicted octanol–water partition coefficient (Wildman–Crippen LogP) is 1.11. The van der Waals surface area contributed by atoms with Gasteiger partial charge in [0, 0.05) is 0 Å². The molecule has 0 bridgehead atoms. The van der Waals surface area contributed by atoms with Gasteiger partial charge in [-0.25, -0.2) is 13.2 Å². The molecule has 0 amide bonds. The van der Waals surface area contributed by atoms with Crippen molar-refractivity contribution in [2.45, 2.75) is 11.8 Å². The molecule has 0 aliphatic carbocycles. The minimum Gasteiger partial charge on any atom is -0.482 e. The summed E-state index contributed by atoms with van der Waals surface area (Å²) >= 11 is 1.12. The zero-order valence-corrected chi connectivity index (χ0v) is 12.4. The standard InChI is InChI=1S/C11H11N3O5S2/c1-7-12-13-11(20-7)14-21(17,18)9-4-2-8(3-5-9)19-6-10(15)16/h2-5H,6H2,1H3,(H,13,14)(H,15,16). The first-order valence-corrected chi connectivity index (χ1v) is 7.94. The molecule has 0 fully saturated rings. The van der Waals surface area contributed by atoms with Crippen LogP contribution in [-0.4, -0.2) is 36.3 Å². The first-order valence-electron chi connectivity index (χ1n) is 5.64. The van der Waals surface area contributed by atoms with E-state index in [4.69, 9.17) is 9.84 Å². The number of nitrogens with zero attached hydrogens (tertiary/aromatic N) is 2. The second-order valence-electron chi connectivity index (χ2n) is 3.89. The number of aryl methyl sites for hydroxylation is 1. The molecule has 0 saturated heterocycles. The van der Waals surface area contributed by atoms with Gasteiger partial charge in [0.1, 0.15) is 10.8 Å². The van der Waals surface area contributed by atoms with Crippen LogP contribution in [0.4, 0.5) is 5.13 Å². The number of hydrogen-bond acceptors (Lipinski definition) is 7. The van der Waals surface area contributed by atoms with E-state index in [9.17, 15) is 13.2 Å². The second kappa shape index (κ2) is 6.06. The molecule has 1 heterocycles. The molecule has 2 N–H and O–H groups in total. The SMILES string of the molecule is Cc1nnc(NS(=O)(=O)c2ccc(OCC(=O)O)cc2)s1. The molecule has 0 aliphatic heterocycles. The highest BCUT2D eigenvalue weighted by atomic mass is 32.2. The molecule has 21 heavy (non-hydrogen) atoms. The van der Waals surface area contributed by atoms with E-state index in [1.165, 1.54) is 24.3 Å². The smallest absolute Gasteiger partial charge is 0.341 e. The van der Waals surface area contributed by atoms with Crippen molar-refractivity contribution >= 4 is 32.5 Å². The molecular weight excluding hydrogens is 318 g/mol. The zero-order valence-electron chi connectivity index (χ0n) is 10.8. The van der Waals surface area contributed by atoms with Crippen molar-refractivity contribution in [2.75, 3.05) is 11.3 Å². The van der Waals surface area contributed by atoms with Crippen molar-refractivity contribution in [3.63, 3.8) is 0 Å². The zero-order chi connectivity index (χ0) is 15.5. The number of anilines is 1. The fourth-order valence-electron chi connectivity index (χ4n) is 1.37. The quantitative estimate of drug-likeness (QED) is 0.815. The Morgan fingerprint density at radius 3 is 2.52 bits per heavy atom. The van der Waals surface area contributed by atoms with Crippen LogP contribution in [0.2, 0.25) is 0 Å². The van der Waals surface area contributed by atoms with Gasteiger partial charge < -0.3 is 9.84 Å². The monoisotopic (exact) mass is 329 g/mol. The number of hydrogen-bond donors (Lipinski definition) is 2. The molecule has 1 aromatic carbocycles. The number of carbonyl (C=O) groups is 1. The topological polar surface area (TPSA) is 118 Å². The third-order valence-corrected chi connectivity index (χ3v) is 4.48. The molecule has 2 rings (SSSR count). The van der Waals surface area contributed by atoms with Gasteiger partial charge in [-0.2, -0.15) is 0 Å². The number of carboxylic acids is 1. The van der Waals surface area contributed by atoms with Gasteiger partial charge in [0.25, 0.3) is 10.0 Å². The summed E-state index contributed by atoms with van der Waals surface area (Å²) in [6.07, 6.45) is 0. The normalized spacial score (nSPS) is 11.1. The van der Waals surface area contributed by atoms with Crippen molar-refractivity contribution in [3.8, 4) is 5.75 Å². The number of sulfonamides is 1. The Balaban J connectivity index is 2.11. The maximum absolute atomic E-state index is 12.1. The highest BCUT2D eigenvalue weighted by molar-refractivity contribution is 7.93. The summed E-state index contributed by atoms with van der Waals surface area (Å²) in [7, 11) is -3.76. The molecule has 1 aromatic heterocycles. The third-order valence-electron chi connectivity index (χ3n) is 2.24. The summed E-state index contributed by atoms with van der Waals surface area (Å²) in [6.45, 7) is 1.22. The molecule has 0 saturated carbocycles. The molecule has 2 aromatic rings. The third kappa shape index (κ3) is 4.13. The van der Waals surface area contributed by atoms with Crippen LogP contribution < -0.4 is 9.46 Å². The molecule has 0 unspecified atom stereocenters. The van der Waals surface area contributed by atoms with E-state index in [2.05, 4.69) is 14.9 Å². The molecule has 0 atom stereocenters. The Morgan fingerprint density at radius 1 is 1.33 bits per heavy atom. The Hall–Kier alpha value is -2.20. The van der Waals surface area contributed by atoms with Crippen LogP contribution in [0.15, 0.2) is 29.2 Å². The minimum atomic E-state index is -3.76. The predicted molar refractivity (Wildman–Crippen MR) is 75.0 cm³/mol. The van der Waals surface area contributed by atoms with E-state index in [-0.39, 0.29) is 15.8 Å². The number of carboxylic acid groups (broad SMARTS) is 1. The van der Waals surface area contributed by atoms with Gasteiger partial charge >= 0.3 is 5.97 Å². The summed E-state index contributed by atoms with van der Waals surface area (Å²) in [5.41, 5.74) is 0. The van der Waals surface area contributed by atoms with Gasteiger partial charge in [0.2, 0.25) is 5.13 Å². The van der Waals surface area contributed by atoms with Crippen LogP contribution in [0.3, 0.4) is 0 Å². The van der Waals surface area contributed by atoms with E-state index in [0.29, 0.717) is 5.01 Å². The molecule has 8 nitrogen and oxygen atoms in total. The number of rotatable bonds is 6. The molecule has 0 spiro atoms. The highest BCUT2D eigenvalue weighted by Gasteiger charge is 2.16. The van der Waals surface area contributed by atoms with E-state index < -0.39 is 22.6 Å². The average molecular weight is 329 g/mol. The second-order valence-corrected chi connectivity index (χ2v) is 6.75. The Morgan fingerprint density at radius 2 is 2.00 bits per heavy atom. The van der Waals surface area contributed by atoms with Crippen LogP contribution in [0, 0.1) is 6.92 Å². The van der Waals surface area contributed by atoms with Gasteiger partial charge in [-0.1, -0.05) is 11.3 Å². The van der Waals surface area contributed by atoms with Gasteiger partial charge in [-0.3, -0.25) is 4.72 Å². The lowest BCUT2D eigenvalue weighted by atomic mass is 10.3. The lowest BCUT2D eigenvalue weighted by Gasteiger charge is -2.06. The van der Waals surface area contributed by atoms with Crippen LogP contribution >= 0.6 is 11.3 Å². The van der Waals surface area contributed by atoms with E-state index >= 15 is 0 Å². The Kier molecular flexibility index (Phi) is 4.38. The van der Waals surface area contributed by atoms with Gasteiger partial charge in [0.15, 0.2) is 6.61 Å². The number of aromatic nitrogens is 2. The lowest BCUT2D eigenvalue weighted by molar-refractivity contribution is -0.139. The average Bonchev–Trinajstić information content (AvgIpc) is 2.81. The molecular formula is C11H11N3O5S2. The van der Waals surface area contributed by atoms with Crippen molar-refractivity contribution in [2.24, 2.45) is 0 Å². The van der Waals surface area contributed by atoms with Crippen molar-refractivity contribution in [1.82, 2.24) is 10.2 Å². The number of aliphatic carboxylic acids is 1.